The highest BCUT2D eigenvalue weighted by molar-refractivity contribution is 5.91. The Balaban J connectivity index is 2.30. The first-order valence-electron chi connectivity index (χ1n) is 5.28. The molecule has 2 N–H and O–H groups in total. The molecule has 0 fully saturated rings. The van der Waals surface area contributed by atoms with Gasteiger partial charge >= 0.3 is 0 Å². The average Bonchev–Trinajstić information content (AvgIpc) is 2.31. The molecule has 1 aliphatic rings. The van der Waals surface area contributed by atoms with Crippen molar-refractivity contribution in [2.75, 3.05) is 13.1 Å². The van der Waals surface area contributed by atoms with E-state index in [1.54, 1.807) is 6.92 Å². The van der Waals surface area contributed by atoms with Gasteiger partial charge in [0, 0.05) is 13.1 Å². The normalized spacial score (nSPS) is 20.0. The molecule has 1 aromatic carbocycles. The fraction of sp³-hybridized carbons (Fsp3) is 0.417. The standard InChI is InChI=1S/C12H16N2O/c1-12(15,10-6-3-2-4-7-10)11-13-8-5-9-14-11/h2-4,6-7,15H,5,8-9H2,1H3,(H,13,14)/t12-/m1/s1. The highest BCUT2D eigenvalue weighted by atomic mass is 16.3. The van der Waals surface area contributed by atoms with Gasteiger partial charge in [-0.15, -0.1) is 0 Å². The molecule has 1 aromatic rings. The van der Waals surface area contributed by atoms with Crippen molar-refractivity contribution in [1.29, 1.82) is 0 Å². The van der Waals surface area contributed by atoms with E-state index in [0.29, 0.717) is 5.84 Å². The Labute approximate surface area is 89.9 Å². The van der Waals surface area contributed by atoms with Gasteiger partial charge in [0.1, 0.15) is 11.4 Å². The summed E-state index contributed by atoms with van der Waals surface area (Å²) in [5.74, 6) is 0.681. The first kappa shape index (κ1) is 10.2. The Kier molecular flexibility index (Phi) is 2.73. The number of hydrogen-bond donors (Lipinski definition) is 2. The molecule has 3 nitrogen and oxygen atoms in total. The van der Waals surface area contributed by atoms with Crippen LogP contribution in [0.4, 0.5) is 0 Å². The van der Waals surface area contributed by atoms with Gasteiger partial charge in [-0.25, -0.2) is 0 Å². The van der Waals surface area contributed by atoms with Crippen LogP contribution in [0.15, 0.2) is 35.3 Å². The minimum atomic E-state index is -0.998. The molecular weight excluding hydrogens is 188 g/mol. The lowest BCUT2D eigenvalue weighted by Crippen LogP contribution is -2.45. The van der Waals surface area contributed by atoms with Crippen LogP contribution in [-0.4, -0.2) is 24.0 Å². The summed E-state index contributed by atoms with van der Waals surface area (Å²) in [5.41, 5.74) is -0.125. The number of aliphatic imine (C=N–C) groups is 1. The van der Waals surface area contributed by atoms with Crippen LogP contribution in [0.2, 0.25) is 0 Å². The Morgan fingerprint density at radius 2 is 2.07 bits per heavy atom. The highest BCUT2D eigenvalue weighted by Crippen LogP contribution is 2.22. The molecule has 1 atom stereocenters. The van der Waals surface area contributed by atoms with Gasteiger partial charge in [-0.1, -0.05) is 30.3 Å². The third-order valence-corrected chi connectivity index (χ3v) is 2.69. The molecular formula is C12H16N2O. The first-order valence-corrected chi connectivity index (χ1v) is 5.28. The van der Waals surface area contributed by atoms with Gasteiger partial charge in [0.2, 0.25) is 0 Å². The van der Waals surface area contributed by atoms with E-state index in [2.05, 4.69) is 10.3 Å². The molecule has 15 heavy (non-hydrogen) atoms. The molecule has 80 valence electrons. The maximum Gasteiger partial charge on any atom is 0.143 e. The highest BCUT2D eigenvalue weighted by Gasteiger charge is 2.30. The molecule has 0 radical (unpaired) electrons. The molecule has 0 amide bonds. The van der Waals surface area contributed by atoms with Gasteiger partial charge in [-0.2, -0.15) is 0 Å². The van der Waals surface area contributed by atoms with Crippen LogP contribution < -0.4 is 5.32 Å². The number of benzene rings is 1. The van der Waals surface area contributed by atoms with Crippen molar-refractivity contribution in [3.63, 3.8) is 0 Å². The number of hydrogen-bond acceptors (Lipinski definition) is 3. The minimum Gasteiger partial charge on any atom is -0.377 e. The second kappa shape index (κ2) is 4.03. The zero-order chi connectivity index (χ0) is 10.7. The quantitative estimate of drug-likeness (QED) is 0.762. The van der Waals surface area contributed by atoms with Gasteiger partial charge in [0.25, 0.3) is 0 Å². The van der Waals surface area contributed by atoms with Gasteiger partial charge in [-0.3, -0.25) is 4.99 Å². The fourth-order valence-electron chi connectivity index (χ4n) is 1.76. The van der Waals surface area contributed by atoms with Gasteiger partial charge < -0.3 is 10.4 Å². The van der Waals surface area contributed by atoms with E-state index in [1.807, 2.05) is 30.3 Å². The molecule has 0 bridgehead atoms. The Hall–Kier alpha value is -1.35. The minimum absolute atomic E-state index is 0.681. The summed E-state index contributed by atoms with van der Waals surface area (Å²) in [4.78, 5) is 4.33. The third kappa shape index (κ3) is 2.02. The van der Waals surface area contributed by atoms with Crippen molar-refractivity contribution in [2.45, 2.75) is 18.9 Å². The van der Waals surface area contributed by atoms with Crippen LogP contribution in [0.5, 0.6) is 0 Å². The summed E-state index contributed by atoms with van der Waals surface area (Å²) in [5, 5.41) is 13.6. The zero-order valence-electron chi connectivity index (χ0n) is 8.90. The van der Waals surface area contributed by atoms with E-state index in [9.17, 15) is 5.11 Å². The van der Waals surface area contributed by atoms with Crippen molar-refractivity contribution < 1.29 is 5.11 Å². The number of rotatable bonds is 2. The van der Waals surface area contributed by atoms with Crippen LogP contribution >= 0.6 is 0 Å². The van der Waals surface area contributed by atoms with E-state index in [-0.39, 0.29) is 0 Å². The molecule has 3 heteroatoms. The second-order valence-electron chi connectivity index (χ2n) is 3.95. The Morgan fingerprint density at radius 3 is 2.67 bits per heavy atom. The van der Waals surface area contributed by atoms with Gasteiger partial charge in [-0.05, 0) is 18.9 Å². The maximum absolute atomic E-state index is 10.4. The fourth-order valence-corrected chi connectivity index (χ4v) is 1.76. The van der Waals surface area contributed by atoms with E-state index in [0.717, 1.165) is 25.1 Å². The summed E-state index contributed by atoms with van der Waals surface area (Å²) >= 11 is 0. The van der Waals surface area contributed by atoms with E-state index >= 15 is 0 Å². The number of amidine groups is 1. The predicted molar refractivity (Wildman–Crippen MR) is 60.9 cm³/mol. The summed E-state index contributed by atoms with van der Waals surface area (Å²) in [7, 11) is 0. The van der Waals surface area contributed by atoms with E-state index in [1.165, 1.54) is 0 Å². The first-order chi connectivity index (χ1) is 7.21. The van der Waals surface area contributed by atoms with Crippen molar-refractivity contribution in [3.8, 4) is 0 Å². The van der Waals surface area contributed by atoms with Crippen LogP contribution in [0.3, 0.4) is 0 Å². The van der Waals surface area contributed by atoms with Crippen molar-refractivity contribution in [1.82, 2.24) is 5.32 Å². The SMILES string of the molecule is C[C@](O)(C1=NCCCN1)c1ccccc1. The van der Waals surface area contributed by atoms with E-state index < -0.39 is 5.60 Å². The summed E-state index contributed by atoms with van der Waals surface area (Å²) < 4.78 is 0. The molecule has 1 aliphatic heterocycles. The smallest absolute Gasteiger partial charge is 0.143 e. The van der Waals surface area contributed by atoms with Crippen molar-refractivity contribution in [2.24, 2.45) is 4.99 Å². The van der Waals surface area contributed by atoms with Gasteiger partial charge in [0.15, 0.2) is 0 Å². The van der Waals surface area contributed by atoms with Crippen molar-refractivity contribution in [3.05, 3.63) is 35.9 Å². The molecule has 0 aliphatic carbocycles. The maximum atomic E-state index is 10.4. The lowest BCUT2D eigenvalue weighted by molar-refractivity contribution is 0.127. The molecule has 1 heterocycles. The van der Waals surface area contributed by atoms with Crippen molar-refractivity contribution >= 4 is 5.84 Å². The van der Waals surface area contributed by atoms with Crippen LogP contribution in [0.25, 0.3) is 0 Å². The Morgan fingerprint density at radius 1 is 1.33 bits per heavy atom. The third-order valence-electron chi connectivity index (χ3n) is 2.69. The monoisotopic (exact) mass is 204 g/mol. The summed E-state index contributed by atoms with van der Waals surface area (Å²) in [6.07, 6.45) is 1.04. The predicted octanol–water partition coefficient (Wildman–Crippen LogP) is 1.29. The number of nitrogens with zero attached hydrogens (tertiary/aromatic N) is 1. The lowest BCUT2D eigenvalue weighted by Gasteiger charge is -2.28. The van der Waals surface area contributed by atoms with Crippen LogP contribution in [0, 0.1) is 0 Å². The lowest BCUT2D eigenvalue weighted by atomic mass is 9.94. The van der Waals surface area contributed by atoms with E-state index in [4.69, 9.17) is 0 Å². The molecule has 0 saturated heterocycles. The topological polar surface area (TPSA) is 44.6 Å². The second-order valence-corrected chi connectivity index (χ2v) is 3.95. The zero-order valence-corrected chi connectivity index (χ0v) is 8.90. The summed E-state index contributed by atoms with van der Waals surface area (Å²) in [6.45, 7) is 3.46. The molecule has 0 aromatic heterocycles. The molecule has 0 saturated carbocycles. The molecule has 2 rings (SSSR count). The molecule has 0 spiro atoms. The number of aliphatic hydroxyl groups is 1. The average molecular weight is 204 g/mol. The van der Waals surface area contributed by atoms with Crippen LogP contribution in [-0.2, 0) is 5.60 Å². The summed E-state index contributed by atoms with van der Waals surface area (Å²) in [6, 6.07) is 9.62. The number of nitrogens with one attached hydrogen (secondary N) is 1. The Bertz CT molecular complexity index is 357. The van der Waals surface area contributed by atoms with Crippen LogP contribution in [0.1, 0.15) is 18.9 Å². The largest absolute Gasteiger partial charge is 0.377 e. The van der Waals surface area contributed by atoms with Gasteiger partial charge in [0.05, 0.1) is 0 Å². The molecule has 0 unspecified atom stereocenters.